The molecule has 0 aromatic carbocycles. The lowest BCUT2D eigenvalue weighted by molar-refractivity contribution is -0.139. The number of hydrogen-bond acceptors (Lipinski definition) is 3. The summed E-state index contributed by atoms with van der Waals surface area (Å²) in [5.74, 6) is -2.53. The molecule has 0 aliphatic heterocycles. The molecular formula is C10H14N2O4. The van der Waals surface area contributed by atoms with Crippen molar-refractivity contribution in [3.8, 4) is 0 Å². The first-order valence-corrected chi connectivity index (χ1v) is 4.84. The van der Waals surface area contributed by atoms with E-state index in [0.29, 0.717) is 11.3 Å². The number of aliphatic carboxylic acids is 2. The van der Waals surface area contributed by atoms with Gasteiger partial charge >= 0.3 is 11.9 Å². The highest BCUT2D eigenvalue weighted by atomic mass is 16.4. The Balaban J connectivity index is 2.95. The Morgan fingerprint density at radius 2 is 1.88 bits per heavy atom. The lowest BCUT2D eigenvalue weighted by Crippen LogP contribution is -2.11. The number of carbonyl (C=O) groups is 2. The van der Waals surface area contributed by atoms with Crippen LogP contribution >= 0.6 is 0 Å². The molecule has 6 nitrogen and oxygen atoms in total. The molecule has 0 fully saturated rings. The van der Waals surface area contributed by atoms with Crippen molar-refractivity contribution in [2.24, 2.45) is 7.05 Å². The summed E-state index contributed by atoms with van der Waals surface area (Å²) in [7, 11) is 1.72. The van der Waals surface area contributed by atoms with Crippen LogP contribution < -0.4 is 0 Å². The van der Waals surface area contributed by atoms with Crippen LogP contribution in [0.4, 0.5) is 0 Å². The lowest BCUT2D eigenvalue weighted by Gasteiger charge is -2.10. The van der Waals surface area contributed by atoms with Gasteiger partial charge in [0.25, 0.3) is 0 Å². The summed E-state index contributed by atoms with van der Waals surface area (Å²) in [6.45, 7) is 1.74. The highest BCUT2D eigenvalue weighted by Gasteiger charge is 2.22. The van der Waals surface area contributed by atoms with E-state index in [1.54, 1.807) is 24.9 Å². The van der Waals surface area contributed by atoms with Crippen molar-refractivity contribution in [2.45, 2.75) is 25.7 Å². The fourth-order valence-electron chi connectivity index (χ4n) is 1.73. The largest absolute Gasteiger partial charge is 0.481 e. The minimum atomic E-state index is -1.01. The minimum Gasteiger partial charge on any atom is -0.481 e. The zero-order chi connectivity index (χ0) is 12.3. The molecule has 1 heterocycles. The van der Waals surface area contributed by atoms with E-state index in [-0.39, 0.29) is 12.8 Å². The van der Waals surface area contributed by atoms with Gasteiger partial charge in [-0.25, -0.2) is 0 Å². The maximum atomic E-state index is 10.7. The van der Waals surface area contributed by atoms with Gasteiger partial charge in [0.2, 0.25) is 0 Å². The van der Waals surface area contributed by atoms with E-state index in [4.69, 9.17) is 10.2 Å². The average molecular weight is 226 g/mol. The van der Waals surface area contributed by atoms with Crippen LogP contribution in [-0.2, 0) is 16.6 Å². The first-order chi connectivity index (χ1) is 7.40. The van der Waals surface area contributed by atoms with E-state index >= 15 is 0 Å². The van der Waals surface area contributed by atoms with Crippen molar-refractivity contribution in [3.63, 3.8) is 0 Å². The first kappa shape index (κ1) is 12.2. The molecule has 0 amide bonds. The maximum Gasteiger partial charge on any atom is 0.303 e. The van der Waals surface area contributed by atoms with Crippen molar-refractivity contribution >= 4 is 11.9 Å². The summed E-state index contributed by atoms with van der Waals surface area (Å²) in [6, 6.07) is 0. The molecule has 1 rings (SSSR count). The van der Waals surface area contributed by atoms with Crippen LogP contribution in [0.15, 0.2) is 6.20 Å². The van der Waals surface area contributed by atoms with Gasteiger partial charge in [-0.1, -0.05) is 0 Å². The molecule has 0 aliphatic rings. The summed E-state index contributed by atoms with van der Waals surface area (Å²) in [4.78, 5) is 21.3. The predicted molar refractivity (Wildman–Crippen MR) is 55.2 cm³/mol. The van der Waals surface area contributed by atoms with Crippen LogP contribution in [0.25, 0.3) is 0 Å². The van der Waals surface area contributed by atoms with E-state index in [2.05, 4.69) is 5.10 Å². The van der Waals surface area contributed by atoms with Gasteiger partial charge in [-0.05, 0) is 12.5 Å². The third kappa shape index (κ3) is 3.08. The molecular weight excluding hydrogens is 212 g/mol. The zero-order valence-electron chi connectivity index (χ0n) is 9.17. The van der Waals surface area contributed by atoms with Gasteiger partial charge in [0.1, 0.15) is 0 Å². The van der Waals surface area contributed by atoms with Crippen molar-refractivity contribution in [2.75, 3.05) is 0 Å². The van der Waals surface area contributed by atoms with Crippen LogP contribution in [0.5, 0.6) is 0 Å². The quantitative estimate of drug-likeness (QED) is 0.773. The molecule has 88 valence electrons. The monoisotopic (exact) mass is 226 g/mol. The van der Waals surface area contributed by atoms with Crippen LogP contribution in [0.1, 0.15) is 30.0 Å². The third-order valence-corrected chi connectivity index (χ3v) is 2.33. The highest BCUT2D eigenvalue weighted by molar-refractivity contribution is 5.72. The SMILES string of the molecule is Cc1nn(C)cc1C(CC(=O)O)CC(=O)O. The van der Waals surface area contributed by atoms with Gasteiger partial charge in [0.05, 0.1) is 18.5 Å². The Labute approximate surface area is 92.5 Å². The molecule has 6 heteroatoms. The number of rotatable bonds is 5. The number of nitrogens with zero attached hydrogens (tertiary/aromatic N) is 2. The van der Waals surface area contributed by atoms with Gasteiger partial charge in [0, 0.05) is 19.2 Å². The standard InChI is InChI=1S/C10H14N2O4/c1-6-8(5-12(2)11-6)7(3-9(13)14)4-10(15)16/h5,7H,3-4H2,1-2H3,(H,13,14)(H,15,16). The molecule has 0 saturated heterocycles. The van der Waals surface area contributed by atoms with Crippen molar-refractivity contribution in [1.29, 1.82) is 0 Å². The Kier molecular flexibility index (Phi) is 3.65. The second-order valence-electron chi connectivity index (χ2n) is 3.74. The molecule has 2 N–H and O–H groups in total. The normalized spacial score (nSPS) is 10.7. The summed E-state index contributed by atoms with van der Waals surface area (Å²) in [5.41, 5.74) is 1.36. The second kappa shape index (κ2) is 4.78. The molecule has 0 unspecified atom stereocenters. The number of aryl methyl sites for hydroxylation is 2. The van der Waals surface area contributed by atoms with Crippen molar-refractivity contribution in [3.05, 3.63) is 17.5 Å². The van der Waals surface area contributed by atoms with E-state index in [0.717, 1.165) is 0 Å². The zero-order valence-corrected chi connectivity index (χ0v) is 9.17. The number of carboxylic acids is 2. The predicted octanol–water partition coefficient (Wildman–Crippen LogP) is 0.762. The number of carboxylic acid groups (broad SMARTS) is 2. The topological polar surface area (TPSA) is 92.4 Å². The van der Waals surface area contributed by atoms with Crippen LogP contribution in [0.3, 0.4) is 0 Å². The molecule has 0 radical (unpaired) electrons. The number of hydrogen-bond donors (Lipinski definition) is 2. The van der Waals surface area contributed by atoms with Crippen LogP contribution in [0.2, 0.25) is 0 Å². The summed E-state index contributed by atoms with van der Waals surface area (Å²) < 4.78 is 1.56. The highest BCUT2D eigenvalue weighted by Crippen LogP contribution is 2.25. The van der Waals surface area contributed by atoms with Gasteiger partial charge in [-0.2, -0.15) is 5.10 Å². The smallest absolute Gasteiger partial charge is 0.303 e. The van der Waals surface area contributed by atoms with Crippen molar-refractivity contribution < 1.29 is 19.8 Å². The van der Waals surface area contributed by atoms with Gasteiger partial charge in [-0.3, -0.25) is 14.3 Å². The Hall–Kier alpha value is -1.85. The molecule has 0 aliphatic carbocycles. The molecule has 0 spiro atoms. The molecule has 0 bridgehead atoms. The first-order valence-electron chi connectivity index (χ1n) is 4.84. The summed E-state index contributed by atoms with van der Waals surface area (Å²) in [5, 5.41) is 21.5. The average Bonchev–Trinajstić information content (AvgIpc) is 2.42. The van der Waals surface area contributed by atoms with E-state index in [9.17, 15) is 9.59 Å². The molecule has 1 aromatic rings. The minimum absolute atomic E-state index is 0.196. The van der Waals surface area contributed by atoms with E-state index in [1.807, 2.05) is 0 Å². The summed E-state index contributed by atoms with van der Waals surface area (Å²) in [6.07, 6.45) is 1.28. The molecule has 1 aromatic heterocycles. The maximum absolute atomic E-state index is 10.7. The van der Waals surface area contributed by atoms with Gasteiger partial charge < -0.3 is 10.2 Å². The molecule has 0 saturated carbocycles. The lowest BCUT2D eigenvalue weighted by atomic mass is 9.93. The fraction of sp³-hybridized carbons (Fsp3) is 0.500. The Morgan fingerprint density at radius 3 is 2.19 bits per heavy atom. The van der Waals surface area contributed by atoms with Crippen LogP contribution in [0, 0.1) is 6.92 Å². The Morgan fingerprint density at radius 1 is 1.38 bits per heavy atom. The van der Waals surface area contributed by atoms with Crippen molar-refractivity contribution in [1.82, 2.24) is 9.78 Å². The van der Waals surface area contributed by atoms with E-state index in [1.165, 1.54) is 0 Å². The Bertz CT molecular complexity index is 395. The molecule has 0 atom stereocenters. The van der Waals surface area contributed by atoms with E-state index < -0.39 is 17.9 Å². The summed E-state index contributed by atoms with van der Waals surface area (Å²) >= 11 is 0. The number of aromatic nitrogens is 2. The van der Waals surface area contributed by atoms with Crippen LogP contribution in [-0.4, -0.2) is 31.9 Å². The molecule has 16 heavy (non-hydrogen) atoms. The van der Waals surface area contributed by atoms with Gasteiger partial charge in [-0.15, -0.1) is 0 Å². The van der Waals surface area contributed by atoms with Gasteiger partial charge in [0.15, 0.2) is 0 Å². The second-order valence-corrected chi connectivity index (χ2v) is 3.74. The fourth-order valence-corrected chi connectivity index (χ4v) is 1.73. The third-order valence-electron chi connectivity index (χ3n) is 2.33.